The smallest absolute Gasteiger partial charge is 0.224 e. The lowest BCUT2D eigenvalue weighted by molar-refractivity contribution is -0.122. The summed E-state index contributed by atoms with van der Waals surface area (Å²) in [4.78, 5) is 25.0. The van der Waals surface area contributed by atoms with Gasteiger partial charge in [-0.15, -0.1) is 0 Å². The van der Waals surface area contributed by atoms with Crippen LogP contribution in [-0.2, 0) is 22.4 Å². The van der Waals surface area contributed by atoms with Gasteiger partial charge >= 0.3 is 0 Å². The zero-order valence-electron chi connectivity index (χ0n) is 17.6. The number of fused-ring (bicyclic) bond motifs is 2. The highest BCUT2D eigenvalue weighted by molar-refractivity contribution is 5.91. The van der Waals surface area contributed by atoms with E-state index < -0.39 is 0 Å². The maximum Gasteiger partial charge on any atom is 0.224 e. The van der Waals surface area contributed by atoms with E-state index in [9.17, 15) is 9.59 Å². The Morgan fingerprint density at radius 2 is 1.16 bits per heavy atom. The second-order valence-electron chi connectivity index (χ2n) is 7.90. The number of carbonyl (C=O) groups excluding carboxylic acids is 2. The molecule has 0 spiro atoms. The summed E-state index contributed by atoms with van der Waals surface area (Å²) in [5.74, 6) is -0.0985. The number of hydrogen-bond acceptors (Lipinski definition) is 2. The van der Waals surface area contributed by atoms with Gasteiger partial charge in [-0.2, -0.15) is 0 Å². The molecular formula is C27H26N2O2. The van der Waals surface area contributed by atoms with Crippen LogP contribution in [0.2, 0.25) is 0 Å². The molecule has 2 amide bonds. The summed E-state index contributed by atoms with van der Waals surface area (Å²) in [7, 11) is 0. The SMILES string of the molecule is CC(CNC(=O)Cc1cccc2ccccc12)NC(=O)Cc1cccc2ccccc12. The van der Waals surface area contributed by atoms with Gasteiger partial charge in [0.15, 0.2) is 0 Å². The summed E-state index contributed by atoms with van der Waals surface area (Å²) in [6, 6.07) is 28.0. The number of rotatable bonds is 7. The van der Waals surface area contributed by atoms with Crippen LogP contribution in [0.4, 0.5) is 0 Å². The number of nitrogens with one attached hydrogen (secondary N) is 2. The van der Waals surface area contributed by atoms with Crippen molar-refractivity contribution < 1.29 is 9.59 Å². The van der Waals surface area contributed by atoms with Crippen LogP contribution in [0.1, 0.15) is 18.1 Å². The predicted octanol–water partition coefficient (Wildman–Crippen LogP) is 4.40. The monoisotopic (exact) mass is 410 g/mol. The molecule has 0 bridgehead atoms. The Hall–Kier alpha value is -3.66. The zero-order chi connectivity index (χ0) is 21.6. The number of amides is 2. The maximum atomic E-state index is 12.5. The summed E-state index contributed by atoms with van der Waals surface area (Å²) in [6.45, 7) is 2.30. The molecule has 2 N–H and O–H groups in total. The Morgan fingerprint density at radius 3 is 1.74 bits per heavy atom. The molecule has 0 saturated carbocycles. The van der Waals surface area contributed by atoms with Gasteiger partial charge in [0, 0.05) is 12.6 Å². The van der Waals surface area contributed by atoms with Gasteiger partial charge in [0.25, 0.3) is 0 Å². The molecule has 0 fully saturated rings. The first kappa shape index (κ1) is 20.6. The van der Waals surface area contributed by atoms with Gasteiger partial charge in [-0.3, -0.25) is 9.59 Å². The third-order valence-corrected chi connectivity index (χ3v) is 5.47. The van der Waals surface area contributed by atoms with Crippen LogP contribution in [0.25, 0.3) is 21.5 Å². The second-order valence-corrected chi connectivity index (χ2v) is 7.90. The third kappa shape index (κ3) is 5.10. The van der Waals surface area contributed by atoms with Gasteiger partial charge in [0.05, 0.1) is 12.8 Å². The van der Waals surface area contributed by atoms with E-state index >= 15 is 0 Å². The standard InChI is InChI=1S/C27H26N2O2/c1-19(29-27(31)17-23-13-7-11-21-9-3-5-15-25(21)23)18-28-26(30)16-22-12-6-10-20-8-2-4-14-24(20)22/h2-15,19H,16-18H2,1H3,(H,28,30)(H,29,31). The summed E-state index contributed by atoms with van der Waals surface area (Å²) >= 11 is 0. The van der Waals surface area contributed by atoms with Crippen molar-refractivity contribution in [2.24, 2.45) is 0 Å². The van der Waals surface area contributed by atoms with Gasteiger partial charge in [-0.25, -0.2) is 0 Å². The molecule has 0 aliphatic heterocycles. The normalized spacial score (nSPS) is 11.9. The van der Waals surface area contributed by atoms with E-state index in [1.165, 1.54) is 0 Å². The van der Waals surface area contributed by atoms with E-state index in [1.54, 1.807) is 0 Å². The highest BCUT2D eigenvalue weighted by Crippen LogP contribution is 2.20. The lowest BCUT2D eigenvalue weighted by Crippen LogP contribution is -2.42. The molecule has 0 saturated heterocycles. The molecule has 4 aromatic rings. The molecule has 4 heteroatoms. The highest BCUT2D eigenvalue weighted by Gasteiger charge is 2.12. The predicted molar refractivity (Wildman–Crippen MR) is 126 cm³/mol. The van der Waals surface area contributed by atoms with E-state index in [2.05, 4.69) is 10.6 Å². The molecule has 0 aliphatic carbocycles. The van der Waals surface area contributed by atoms with Crippen molar-refractivity contribution in [3.8, 4) is 0 Å². The van der Waals surface area contributed by atoms with Crippen LogP contribution < -0.4 is 10.6 Å². The fraction of sp³-hybridized carbons (Fsp3) is 0.185. The first-order chi connectivity index (χ1) is 15.1. The number of carbonyl (C=O) groups is 2. The van der Waals surface area contributed by atoms with Crippen molar-refractivity contribution in [2.45, 2.75) is 25.8 Å². The van der Waals surface area contributed by atoms with E-state index in [0.29, 0.717) is 19.4 Å². The molecule has 0 radical (unpaired) electrons. The average molecular weight is 411 g/mol. The van der Waals surface area contributed by atoms with E-state index in [1.807, 2.05) is 91.9 Å². The second kappa shape index (κ2) is 9.43. The first-order valence-corrected chi connectivity index (χ1v) is 10.6. The van der Waals surface area contributed by atoms with Crippen LogP contribution in [0.15, 0.2) is 84.9 Å². The van der Waals surface area contributed by atoms with Crippen molar-refractivity contribution in [2.75, 3.05) is 6.54 Å². The molecule has 4 aromatic carbocycles. The fourth-order valence-electron chi connectivity index (χ4n) is 3.95. The minimum absolute atomic E-state index is 0.0489. The largest absolute Gasteiger partial charge is 0.354 e. The van der Waals surface area contributed by atoms with Gasteiger partial charge in [-0.1, -0.05) is 84.9 Å². The Labute approximate surface area is 182 Å². The van der Waals surface area contributed by atoms with Gasteiger partial charge in [-0.05, 0) is 39.6 Å². The van der Waals surface area contributed by atoms with E-state index in [4.69, 9.17) is 0 Å². The molecule has 156 valence electrons. The molecule has 1 unspecified atom stereocenters. The number of benzene rings is 4. The molecule has 1 atom stereocenters. The van der Waals surface area contributed by atoms with Crippen LogP contribution >= 0.6 is 0 Å². The fourth-order valence-corrected chi connectivity index (χ4v) is 3.95. The first-order valence-electron chi connectivity index (χ1n) is 10.6. The van der Waals surface area contributed by atoms with Crippen molar-refractivity contribution >= 4 is 33.4 Å². The molecular weight excluding hydrogens is 384 g/mol. The molecule has 4 rings (SSSR count). The lowest BCUT2D eigenvalue weighted by Gasteiger charge is -2.16. The Morgan fingerprint density at radius 1 is 0.677 bits per heavy atom. The number of hydrogen-bond donors (Lipinski definition) is 2. The van der Waals surface area contributed by atoms with Gasteiger partial charge in [0.2, 0.25) is 11.8 Å². The van der Waals surface area contributed by atoms with Crippen LogP contribution in [0.3, 0.4) is 0 Å². The van der Waals surface area contributed by atoms with Crippen LogP contribution in [-0.4, -0.2) is 24.4 Å². The summed E-state index contributed by atoms with van der Waals surface area (Å²) in [5.41, 5.74) is 2.01. The zero-order valence-corrected chi connectivity index (χ0v) is 17.6. The molecule has 31 heavy (non-hydrogen) atoms. The van der Waals surface area contributed by atoms with Gasteiger partial charge in [0.1, 0.15) is 0 Å². The molecule has 0 aliphatic rings. The maximum absolute atomic E-state index is 12.5. The van der Waals surface area contributed by atoms with Crippen molar-refractivity contribution in [3.63, 3.8) is 0 Å². The Kier molecular flexibility index (Phi) is 6.27. The van der Waals surface area contributed by atoms with Crippen molar-refractivity contribution in [1.82, 2.24) is 10.6 Å². The van der Waals surface area contributed by atoms with E-state index in [0.717, 1.165) is 32.7 Å². The topological polar surface area (TPSA) is 58.2 Å². The lowest BCUT2D eigenvalue weighted by atomic mass is 10.0. The summed E-state index contributed by atoms with van der Waals surface area (Å²) < 4.78 is 0. The summed E-state index contributed by atoms with van der Waals surface area (Å²) in [6.07, 6.45) is 0.633. The average Bonchev–Trinajstić information content (AvgIpc) is 2.78. The van der Waals surface area contributed by atoms with Crippen LogP contribution in [0.5, 0.6) is 0 Å². The Balaban J connectivity index is 1.30. The highest BCUT2D eigenvalue weighted by atomic mass is 16.2. The molecule has 0 heterocycles. The van der Waals surface area contributed by atoms with Crippen molar-refractivity contribution in [1.29, 1.82) is 0 Å². The minimum Gasteiger partial charge on any atom is -0.354 e. The summed E-state index contributed by atoms with van der Waals surface area (Å²) in [5, 5.41) is 10.4. The minimum atomic E-state index is -0.154. The van der Waals surface area contributed by atoms with Gasteiger partial charge < -0.3 is 10.6 Å². The molecule has 0 aromatic heterocycles. The van der Waals surface area contributed by atoms with E-state index in [-0.39, 0.29) is 17.9 Å². The Bertz CT molecular complexity index is 1220. The molecule has 4 nitrogen and oxygen atoms in total. The third-order valence-electron chi connectivity index (χ3n) is 5.47. The quantitative estimate of drug-likeness (QED) is 0.474. The van der Waals surface area contributed by atoms with Crippen LogP contribution in [0, 0.1) is 0 Å². The van der Waals surface area contributed by atoms with Crippen molar-refractivity contribution in [3.05, 3.63) is 96.1 Å².